The minimum absolute atomic E-state index is 0.127. The van der Waals surface area contributed by atoms with Gasteiger partial charge in [-0.05, 0) is 29.8 Å². The van der Waals surface area contributed by atoms with Crippen molar-refractivity contribution in [3.8, 4) is 5.75 Å². The molecule has 32 heavy (non-hydrogen) atoms. The van der Waals surface area contributed by atoms with E-state index in [0.29, 0.717) is 12.4 Å². The topological polar surface area (TPSA) is 173 Å². The van der Waals surface area contributed by atoms with Gasteiger partial charge in [0.25, 0.3) is 0 Å². The molecule has 0 aliphatic carbocycles. The maximum absolute atomic E-state index is 10.5. The molecule has 6 N–H and O–H groups in total. The Morgan fingerprint density at radius 1 is 1.25 bits per heavy atom. The molecule has 12 nitrogen and oxygen atoms in total. The van der Waals surface area contributed by atoms with Gasteiger partial charge in [-0.1, -0.05) is 12.7 Å². The second kappa shape index (κ2) is 9.28. The molecule has 2 aromatic heterocycles. The van der Waals surface area contributed by atoms with Crippen molar-refractivity contribution in [1.82, 2.24) is 19.5 Å². The molecule has 4 atom stereocenters. The molecule has 3 heterocycles. The van der Waals surface area contributed by atoms with Crippen LogP contribution in [0.15, 0.2) is 48.3 Å². The van der Waals surface area contributed by atoms with Gasteiger partial charge in [-0.2, -0.15) is 5.10 Å². The van der Waals surface area contributed by atoms with E-state index in [1.54, 1.807) is 24.4 Å². The lowest BCUT2D eigenvalue weighted by Crippen LogP contribution is -2.33. The van der Waals surface area contributed by atoms with Gasteiger partial charge >= 0.3 is 0 Å². The Hall–Kier alpha value is -3.58. The molecule has 1 fully saturated rings. The molecule has 1 aliphatic rings. The Balaban J connectivity index is 1.61. The van der Waals surface area contributed by atoms with Gasteiger partial charge in [-0.25, -0.2) is 20.4 Å². The third kappa shape index (κ3) is 4.11. The highest BCUT2D eigenvalue weighted by molar-refractivity contribution is 5.84. The average molecular weight is 441 g/mol. The fraction of sp³-hybridized carbons (Fsp3) is 0.300. The number of fused-ring (bicyclic) bond motifs is 1. The van der Waals surface area contributed by atoms with Crippen LogP contribution in [0.1, 0.15) is 11.8 Å². The van der Waals surface area contributed by atoms with Gasteiger partial charge in [0.1, 0.15) is 37.0 Å². The molecule has 0 bridgehead atoms. The van der Waals surface area contributed by atoms with Crippen molar-refractivity contribution < 1.29 is 24.8 Å². The molecular weight excluding hydrogens is 418 g/mol. The minimum Gasteiger partial charge on any atom is -0.490 e. The number of nitrogens with one attached hydrogen (secondary N) is 1. The first-order valence-corrected chi connectivity index (χ1v) is 9.77. The monoisotopic (exact) mass is 441 g/mol. The average Bonchev–Trinajstić information content (AvgIpc) is 3.31. The van der Waals surface area contributed by atoms with Crippen molar-refractivity contribution in [2.45, 2.75) is 24.5 Å². The number of imidazole rings is 1. The second-order valence-electron chi connectivity index (χ2n) is 7.00. The van der Waals surface area contributed by atoms with Gasteiger partial charge in [-0.15, -0.1) is 0 Å². The molecule has 168 valence electrons. The predicted octanol–water partition coefficient (Wildman–Crippen LogP) is 0.0308. The summed E-state index contributed by atoms with van der Waals surface area (Å²) in [5, 5.41) is 34.2. The van der Waals surface area contributed by atoms with Gasteiger partial charge in [-0.3, -0.25) is 4.57 Å². The molecule has 1 saturated heterocycles. The molecule has 4 rings (SSSR count). The van der Waals surface area contributed by atoms with Gasteiger partial charge in [0.2, 0.25) is 5.95 Å². The number of hydrogen-bond donors (Lipinski definition) is 5. The highest BCUT2D eigenvalue weighted by Gasteiger charge is 2.45. The Labute approximate surface area is 182 Å². The highest BCUT2D eigenvalue weighted by Crippen LogP contribution is 2.35. The second-order valence-corrected chi connectivity index (χ2v) is 7.00. The van der Waals surface area contributed by atoms with Crippen molar-refractivity contribution in [2.75, 3.05) is 24.4 Å². The Bertz CT molecular complexity index is 1120. The summed E-state index contributed by atoms with van der Waals surface area (Å²) in [6.45, 7) is 3.56. The molecule has 0 radical (unpaired) electrons. The summed E-state index contributed by atoms with van der Waals surface area (Å²) in [6.07, 6.45) is -0.207. The van der Waals surface area contributed by atoms with E-state index >= 15 is 0 Å². The van der Waals surface area contributed by atoms with Crippen LogP contribution in [-0.4, -0.2) is 72.6 Å². The van der Waals surface area contributed by atoms with Crippen LogP contribution in [0, 0.1) is 0 Å². The van der Waals surface area contributed by atoms with Crippen LogP contribution < -0.4 is 15.9 Å². The van der Waals surface area contributed by atoms with Gasteiger partial charge in [0.05, 0.1) is 12.8 Å². The summed E-state index contributed by atoms with van der Waals surface area (Å²) in [5.74, 6) is 0.988. The quantitative estimate of drug-likeness (QED) is 0.182. The minimum atomic E-state index is -1.34. The van der Waals surface area contributed by atoms with Crippen LogP contribution >= 0.6 is 0 Å². The van der Waals surface area contributed by atoms with E-state index in [1.165, 1.54) is 10.9 Å². The predicted molar refractivity (Wildman–Crippen MR) is 116 cm³/mol. The van der Waals surface area contributed by atoms with Gasteiger partial charge in [0.15, 0.2) is 23.2 Å². The maximum Gasteiger partial charge on any atom is 0.228 e. The summed E-state index contributed by atoms with van der Waals surface area (Å²) >= 11 is 0. The normalized spacial score (nSPS) is 23.1. The third-order valence-electron chi connectivity index (χ3n) is 4.90. The van der Waals surface area contributed by atoms with Crippen LogP contribution in [0.25, 0.3) is 11.2 Å². The number of aliphatic hydroxyl groups is 3. The Kier molecular flexibility index (Phi) is 6.28. The van der Waals surface area contributed by atoms with Crippen molar-refractivity contribution in [3.63, 3.8) is 0 Å². The van der Waals surface area contributed by atoms with Crippen LogP contribution in [-0.2, 0) is 4.74 Å². The van der Waals surface area contributed by atoms with Gasteiger partial charge < -0.3 is 30.5 Å². The van der Waals surface area contributed by atoms with Crippen molar-refractivity contribution >= 4 is 29.1 Å². The number of benzene rings is 1. The number of nitrogen functional groups attached to an aromatic ring is 1. The number of anilines is 2. The lowest BCUT2D eigenvalue weighted by Gasteiger charge is -2.18. The highest BCUT2D eigenvalue weighted by atomic mass is 16.6. The number of aliphatic hydroxyl groups excluding tert-OH is 3. The third-order valence-corrected chi connectivity index (χ3v) is 4.90. The number of rotatable bonds is 8. The van der Waals surface area contributed by atoms with Crippen molar-refractivity contribution in [3.05, 3.63) is 48.8 Å². The molecule has 4 unspecified atom stereocenters. The summed E-state index contributed by atoms with van der Waals surface area (Å²) in [6, 6.07) is 7.25. The fourth-order valence-electron chi connectivity index (χ4n) is 3.31. The molecule has 3 aromatic rings. The number of nitrogens with two attached hydrogens (primary N) is 1. The van der Waals surface area contributed by atoms with Crippen LogP contribution in [0.2, 0.25) is 0 Å². The summed E-state index contributed by atoms with van der Waals surface area (Å²) in [5.41, 5.74) is 10.0. The number of aromatic nitrogens is 4. The number of hydrazone groups is 1. The molecule has 0 saturated carbocycles. The van der Waals surface area contributed by atoms with E-state index < -0.39 is 31.1 Å². The number of nitrogens with zero attached hydrogens (tertiary/aromatic N) is 5. The number of ether oxygens (including phenoxy) is 2. The first-order chi connectivity index (χ1) is 15.5. The van der Waals surface area contributed by atoms with E-state index in [2.05, 4.69) is 32.1 Å². The first kappa shape index (κ1) is 21.6. The SMILES string of the molecule is C=CCOc1ccc(/C=N/Nc2nc3c(N)ncnc3n2C2OC(CO)C(O)C2O)cc1. The molecule has 12 heteroatoms. The zero-order chi connectivity index (χ0) is 22.7. The fourth-order valence-corrected chi connectivity index (χ4v) is 3.31. The van der Waals surface area contributed by atoms with E-state index in [4.69, 9.17) is 15.2 Å². The standard InChI is InChI=1S/C20H23N7O5/c1-2-7-31-12-5-3-11(4-6-12)8-24-26-20-25-14-17(21)22-10-23-18(14)27(20)19-16(30)15(29)13(9-28)32-19/h2-6,8,10,13,15-16,19,28-30H,1,7,9H2,(H,25,26)(H2,21,22,23)/b24-8+. The summed E-state index contributed by atoms with van der Waals surface area (Å²) < 4.78 is 12.5. The van der Waals surface area contributed by atoms with Crippen LogP contribution in [0.5, 0.6) is 5.75 Å². The van der Waals surface area contributed by atoms with Crippen LogP contribution in [0.4, 0.5) is 11.8 Å². The lowest BCUT2D eigenvalue weighted by atomic mass is 10.1. The van der Waals surface area contributed by atoms with Crippen molar-refractivity contribution in [2.24, 2.45) is 5.10 Å². The Morgan fingerprint density at radius 3 is 2.72 bits per heavy atom. The van der Waals surface area contributed by atoms with E-state index in [1.807, 2.05) is 12.1 Å². The number of hydrogen-bond acceptors (Lipinski definition) is 11. The Morgan fingerprint density at radius 2 is 2.03 bits per heavy atom. The molecule has 1 aliphatic heterocycles. The van der Waals surface area contributed by atoms with E-state index in [0.717, 1.165) is 5.56 Å². The molecule has 0 amide bonds. The van der Waals surface area contributed by atoms with E-state index in [-0.39, 0.29) is 22.9 Å². The van der Waals surface area contributed by atoms with E-state index in [9.17, 15) is 15.3 Å². The summed E-state index contributed by atoms with van der Waals surface area (Å²) in [4.78, 5) is 12.5. The zero-order valence-corrected chi connectivity index (χ0v) is 16.9. The van der Waals surface area contributed by atoms with Gasteiger partial charge in [0, 0.05) is 0 Å². The molecular formula is C20H23N7O5. The summed E-state index contributed by atoms with van der Waals surface area (Å²) in [7, 11) is 0. The molecule has 1 aromatic carbocycles. The van der Waals surface area contributed by atoms with Crippen LogP contribution in [0.3, 0.4) is 0 Å². The maximum atomic E-state index is 10.5. The first-order valence-electron chi connectivity index (χ1n) is 9.77. The largest absolute Gasteiger partial charge is 0.490 e. The molecule has 0 spiro atoms. The smallest absolute Gasteiger partial charge is 0.228 e. The van der Waals surface area contributed by atoms with Crippen molar-refractivity contribution in [1.29, 1.82) is 0 Å². The zero-order valence-electron chi connectivity index (χ0n) is 16.9. The lowest BCUT2D eigenvalue weighted by molar-refractivity contribution is -0.0501.